The van der Waals surface area contributed by atoms with Gasteiger partial charge in [0, 0.05) is 17.2 Å². The van der Waals surface area contributed by atoms with Crippen molar-refractivity contribution in [3.8, 4) is 0 Å². The maximum Gasteiger partial charge on any atom is 0.323 e. The third kappa shape index (κ3) is 5.89. The average Bonchev–Trinajstić information content (AvgIpc) is 3.07. The van der Waals surface area contributed by atoms with Crippen LogP contribution in [-0.4, -0.2) is 77.2 Å². The molecular weight excluding hydrogens is 510 g/mol. The van der Waals surface area contributed by atoms with E-state index in [0.29, 0.717) is 41.8 Å². The number of hydrogen-bond acceptors (Lipinski definition) is 8. The van der Waals surface area contributed by atoms with Gasteiger partial charge >= 0.3 is 11.9 Å². The van der Waals surface area contributed by atoms with Gasteiger partial charge in [-0.25, -0.2) is 0 Å². The molecule has 2 N–H and O–H groups in total. The van der Waals surface area contributed by atoms with Gasteiger partial charge in [0.25, 0.3) is 11.8 Å². The predicted molar refractivity (Wildman–Crippen MR) is 140 cm³/mol. The number of carbonyl (C=O) groups excluding carboxylic acids is 4. The number of imide groups is 1. The molecule has 38 heavy (non-hydrogen) atoms. The standard InChI is InChI=1S/C27H29N3O7S/c1-2-37-27(36)19(11-7-8-14-29-24(33)17-9-3-4-10-18(17)25(29)34)28-20-16-38-22-13-6-5-12-21(22)30(26(20)35)15-23(31)32/h3-6,9-10,12-13,19-20,28H,2,7-8,11,14-16H2,1H3,(H,31,32)/t19-,20?/m0/s1. The molecule has 2 aromatic rings. The minimum Gasteiger partial charge on any atom is -0.480 e. The zero-order valence-electron chi connectivity index (χ0n) is 20.9. The number of nitrogens with one attached hydrogen (secondary N) is 1. The number of benzene rings is 2. The minimum absolute atomic E-state index is 0.163. The number of rotatable bonds is 11. The van der Waals surface area contributed by atoms with Gasteiger partial charge in [0.15, 0.2) is 0 Å². The van der Waals surface area contributed by atoms with Gasteiger partial charge in [0.05, 0.1) is 29.5 Å². The SMILES string of the molecule is CCOC(=O)[C@H](CCCCN1C(=O)c2ccccc2C1=O)NC1CSc2ccccc2N(CC(=O)O)C1=O. The maximum absolute atomic E-state index is 13.4. The van der Waals surface area contributed by atoms with Gasteiger partial charge in [-0.05, 0) is 50.5 Å². The Morgan fingerprint density at radius 1 is 1.03 bits per heavy atom. The number of fused-ring (bicyclic) bond motifs is 2. The molecule has 0 bridgehead atoms. The Hall–Kier alpha value is -3.70. The number of para-hydroxylation sites is 1. The van der Waals surface area contributed by atoms with Crippen molar-refractivity contribution >= 4 is 47.1 Å². The van der Waals surface area contributed by atoms with Crippen LogP contribution < -0.4 is 10.2 Å². The van der Waals surface area contributed by atoms with E-state index in [1.807, 2.05) is 12.1 Å². The van der Waals surface area contributed by atoms with Gasteiger partial charge in [0.1, 0.15) is 12.6 Å². The lowest BCUT2D eigenvalue weighted by Gasteiger charge is -2.27. The lowest BCUT2D eigenvalue weighted by molar-refractivity contribution is -0.146. The monoisotopic (exact) mass is 539 g/mol. The fourth-order valence-electron chi connectivity index (χ4n) is 4.59. The molecule has 0 saturated heterocycles. The van der Waals surface area contributed by atoms with Crippen LogP contribution in [0.1, 0.15) is 46.9 Å². The molecule has 0 fully saturated rings. The Kier molecular flexibility index (Phi) is 8.80. The molecule has 2 atom stereocenters. The highest BCUT2D eigenvalue weighted by atomic mass is 32.2. The van der Waals surface area contributed by atoms with E-state index in [1.165, 1.54) is 21.6 Å². The summed E-state index contributed by atoms with van der Waals surface area (Å²) in [7, 11) is 0. The van der Waals surface area contributed by atoms with Crippen LogP contribution in [0.4, 0.5) is 5.69 Å². The smallest absolute Gasteiger partial charge is 0.323 e. The summed E-state index contributed by atoms with van der Waals surface area (Å²) in [6, 6.07) is 12.1. The van der Waals surface area contributed by atoms with E-state index in [4.69, 9.17) is 4.74 Å². The highest BCUT2D eigenvalue weighted by molar-refractivity contribution is 7.99. The van der Waals surface area contributed by atoms with Crippen LogP contribution in [0, 0.1) is 0 Å². The number of thioether (sulfide) groups is 1. The number of amides is 3. The number of hydrogen-bond donors (Lipinski definition) is 2. The fourth-order valence-corrected chi connectivity index (χ4v) is 5.67. The summed E-state index contributed by atoms with van der Waals surface area (Å²) in [5.74, 6) is -2.46. The van der Waals surface area contributed by atoms with Crippen molar-refractivity contribution in [2.75, 3.05) is 30.3 Å². The Morgan fingerprint density at radius 2 is 1.68 bits per heavy atom. The number of esters is 1. The number of nitrogens with zero attached hydrogens (tertiary/aromatic N) is 2. The van der Waals surface area contributed by atoms with E-state index in [-0.39, 0.29) is 25.0 Å². The molecule has 0 spiro atoms. The van der Waals surface area contributed by atoms with Gasteiger partial charge < -0.3 is 9.84 Å². The van der Waals surface area contributed by atoms with Gasteiger partial charge in [-0.15, -0.1) is 11.8 Å². The van der Waals surface area contributed by atoms with Crippen LogP contribution in [0.15, 0.2) is 53.4 Å². The molecule has 10 nitrogen and oxygen atoms in total. The maximum atomic E-state index is 13.4. The topological polar surface area (TPSA) is 133 Å². The van der Waals surface area contributed by atoms with Crippen molar-refractivity contribution in [2.24, 2.45) is 0 Å². The highest BCUT2D eigenvalue weighted by Gasteiger charge is 2.36. The second-order valence-electron chi connectivity index (χ2n) is 8.92. The first-order valence-corrected chi connectivity index (χ1v) is 13.4. The van der Waals surface area contributed by atoms with Crippen LogP contribution in [0.25, 0.3) is 0 Å². The third-order valence-corrected chi connectivity index (χ3v) is 7.55. The number of carboxylic acids is 1. The van der Waals surface area contributed by atoms with E-state index in [1.54, 1.807) is 43.3 Å². The molecule has 11 heteroatoms. The number of carboxylic acid groups (broad SMARTS) is 1. The average molecular weight is 540 g/mol. The second-order valence-corrected chi connectivity index (χ2v) is 9.99. The molecule has 2 heterocycles. The van der Waals surface area contributed by atoms with E-state index in [0.717, 1.165) is 4.90 Å². The number of ether oxygens (including phenoxy) is 1. The van der Waals surface area contributed by atoms with Crippen LogP contribution in [0.5, 0.6) is 0 Å². The largest absolute Gasteiger partial charge is 0.480 e. The van der Waals surface area contributed by atoms with E-state index in [2.05, 4.69) is 5.32 Å². The molecule has 0 radical (unpaired) electrons. The highest BCUT2D eigenvalue weighted by Crippen LogP contribution is 2.34. The first-order valence-electron chi connectivity index (χ1n) is 12.4. The first-order chi connectivity index (χ1) is 18.3. The van der Waals surface area contributed by atoms with Crippen molar-refractivity contribution in [1.29, 1.82) is 0 Å². The first kappa shape index (κ1) is 27.3. The summed E-state index contributed by atoms with van der Waals surface area (Å²) in [4.78, 5) is 66.1. The molecular formula is C27H29N3O7S. The zero-order valence-corrected chi connectivity index (χ0v) is 21.7. The molecule has 4 rings (SSSR count). The fraction of sp³-hybridized carbons (Fsp3) is 0.370. The van der Waals surface area contributed by atoms with E-state index < -0.39 is 36.5 Å². The summed E-state index contributed by atoms with van der Waals surface area (Å²) >= 11 is 1.41. The lowest BCUT2D eigenvalue weighted by Crippen LogP contribution is -2.54. The zero-order chi connectivity index (χ0) is 27.2. The summed E-state index contributed by atoms with van der Waals surface area (Å²) < 4.78 is 5.23. The predicted octanol–water partition coefficient (Wildman–Crippen LogP) is 2.57. The molecule has 2 aromatic carbocycles. The van der Waals surface area contributed by atoms with Crippen LogP contribution >= 0.6 is 11.8 Å². The summed E-state index contributed by atoms with van der Waals surface area (Å²) in [6.07, 6.45) is 1.26. The van der Waals surface area contributed by atoms with Crippen molar-refractivity contribution in [3.63, 3.8) is 0 Å². The Bertz CT molecular complexity index is 1220. The summed E-state index contributed by atoms with van der Waals surface area (Å²) in [5, 5.41) is 12.5. The van der Waals surface area contributed by atoms with Crippen LogP contribution in [0.2, 0.25) is 0 Å². The molecule has 200 valence electrons. The van der Waals surface area contributed by atoms with Crippen molar-refractivity contribution in [3.05, 3.63) is 59.7 Å². The number of unbranched alkanes of at least 4 members (excludes halogenated alkanes) is 1. The summed E-state index contributed by atoms with van der Waals surface area (Å²) in [6.45, 7) is 1.56. The van der Waals surface area contributed by atoms with Gasteiger partial charge in [-0.1, -0.05) is 24.3 Å². The molecule has 0 saturated carbocycles. The molecule has 2 aliphatic heterocycles. The second kappa shape index (κ2) is 12.2. The normalized spacial score (nSPS) is 17.6. The molecule has 3 amide bonds. The quantitative estimate of drug-likeness (QED) is 0.251. The van der Waals surface area contributed by atoms with Crippen LogP contribution in [0.3, 0.4) is 0 Å². The number of aliphatic carboxylic acids is 1. The Morgan fingerprint density at radius 3 is 2.34 bits per heavy atom. The van der Waals surface area contributed by atoms with Gasteiger partial charge in [-0.3, -0.25) is 39.1 Å². The number of carbonyl (C=O) groups is 5. The Labute approximate surface area is 224 Å². The lowest BCUT2D eigenvalue weighted by atomic mass is 10.1. The van der Waals surface area contributed by atoms with Crippen LogP contribution in [-0.2, 0) is 19.1 Å². The number of anilines is 1. The van der Waals surface area contributed by atoms with Gasteiger partial charge in [-0.2, -0.15) is 0 Å². The Balaban J connectivity index is 1.41. The van der Waals surface area contributed by atoms with Crippen molar-refractivity contribution in [1.82, 2.24) is 10.2 Å². The minimum atomic E-state index is -1.14. The molecule has 0 aromatic heterocycles. The van der Waals surface area contributed by atoms with Gasteiger partial charge in [0.2, 0.25) is 5.91 Å². The molecule has 2 aliphatic rings. The van der Waals surface area contributed by atoms with E-state index in [9.17, 15) is 29.1 Å². The third-order valence-electron chi connectivity index (χ3n) is 6.40. The van der Waals surface area contributed by atoms with Crippen molar-refractivity contribution in [2.45, 2.75) is 43.2 Å². The van der Waals surface area contributed by atoms with Crippen molar-refractivity contribution < 1.29 is 33.8 Å². The molecule has 0 aliphatic carbocycles. The summed E-state index contributed by atoms with van der Waals surface area (Å²) in [5.41, 5.74) is 1.29. The molecule has 1 unspecified atom stereocenters. The van der Waals surface area contributed by atoms with E-state index >= 15 is 0 Å².